The lowest BCUT2D eigenvalue weighted by Gasteiger charge is -2.26. The first kappa shape index (κ1) is 22.6. The number of carbonyl (C=O) groups is 1. The van der Waals surface area contributed by atoms with E-state index in [0.717, 1.165) is 38.0 Å². The Morgan fingerprint density at radius 2 is 1.71 bits per heavy atom. The van der Waals surface area contributed by atoms with Crippen LogP contribution in [0.2, 0.25) is 0 Å². The Hall–Kier alpha value is -3.04. The van der Waals surface area contributed by atoms with Crippen LogP contribution in [0.5, 0.6) is 0 Å². The Morgan fingerprint density at radius 3 is 2.48 bits per heavy atom. The fraction of sp³-hybridized carbons (Fsp3) is 0.222. The molecular formula is C27H29ClN2O. The van der Waals surface area contributed by atoms with Crippen molar-refractivity contribution < 1.29 is 4.79 Å². The number of anilines is 1. The summed E-state index contributed by atoms with van der Waals surface area (Å²) in [4.78, 5) is 14.9. The molecule has 0 spiro atoms. The number of hydrogen-bond acceptors (Lipinski definition) is 2. The van der Waals surface area contributed by atoms with Gasteiger partial charge in [-0.15, -0.1) is 12.4 Å². The van der Waals surface area contributed by atoms with E-state index < -0.39 is 0 Å². The third-order valence-corrected chi connectivity index (χ3v) is 5.54. The van der Waals surface area contributed by atoms with Crippen molar-refractivity contribution in [2.45, 2.75) is 26.2 Å². The molecule has 1 aliphatic rings. The van der Waals surface area contributed by atoms with Crippen LogP contribution in [-0.4, -0.2) is 23.9 Å². The maximum Gasteiger partial charge on any atom is 0.255 e. The number of halogens is 1. The molecule has 1 amide bonds. The monoisotopic (exact) mass is 432 g/mol. The molecule has 0 aliphatic heterocycles. The van der Waals surface area contributed by atoms with Gasteiger partial charge < -0.3 is 10.2 Å². The Morgan fingerprint density at radius 1 is 0.935 bits per heavy atom. The summed E-state index contributed by atoms with van der Waals surface area (Å²) in [6.07, 6.45) is 5.43. The second-order valence-electron chi connectivity index (χ2n) is 7.77. The van der Waals surface area contributed by atoms with Crippen LogP contribution < -0.4 is 5.32 Å². The highest BCUT2D eigenvalue weighted by molar-refractivity contribution is 6.04. The first-order valence-corrected chi connectivity index (χ1v) is 10.7. The first-order valence-electron chi connectivity index (χ1n) is 10.7. The lowest BCUT2D eigenvalue weighted by atomic mass is 10.1. The maximum atomic E-state index is 12.4. The van der Waals surface area contributed by atoms with E-state index in [4.69, 9.17) is 0 Å². The molecule has 31 heavy (non-hydrogen) atoms. The van der Waals surface area contributed by atoms with Crippen molar-refractivity contribution >= 4 is 30.1 Å². The molecule has 4 heteroatoms. The summed E-state index contributed by atoms with van der Waals surface area (Å²) < 4.78 is 0. The van der Waals surface area contributed by atoms with Crippen LogP contribution in [0.1, 0.15) is 40.4 Å². The topological polar surface area (TPSA) is 32.3 Å². The highest BCUT2D eigenvalue weighted by Gasteiger charge is 2.17. The molecule has 0 saturated carbocycles. The van der Waals surface area contributed by atoms with Gasteiger partial charge in [0, 0.05) is 36.5 Å². The molecule has 3 aromatic rings. The molecule has 1 N–H and O–H groups in total. The van der Waals surface area contributed by atoms with Gasteiger partial charge in [0.15, 0.2) is 0 Å². The molecular weight excluding hydrogens is 404 g/mol. The van der Waals surface area contributed by atoms with E-state index >= 15 is 0 Å². The van der Waals surface area contributed by atoms with Crippen LogP contribution in [0.4, 0.5) is 5.69 Å². The van der Waals surface area contributed by atoms with Crippen molar-refractivity contribution in [3.63, 3.8) is 0 Å². The number of amides is 1. The predicted molar refractivity (Wildman–Crippen MR) is 132 cm³/mol. The lowest BCUT2D eigenvalue weighted by Crippen LogP contribution is -2.26. The van der Waals surface area contributed by atoms with Gasteiger partial charge in [0.1, 0.15) is 0 Å². The van der Waals surface area contributed by atoms with E-state index in [9.17, 15) is 4.79 Å². The summed E-state index contributed by atoms with van der Waals surface area (Å²) in [5.41, 5.74) is 6.92. The molecule has 160 valence electrons. The van der Waals surface area contributed by atoms with Gasteiger partial charge in [0.05, 0.1) is 0 Å². The molecule has 4 rings (SSSR count). The molecule has 0 radical (unpaired) electrons. The van der Waals surface area contributed by atoms with Crippen molar-refractivity contribution in [3.05, 3.63) is 107 Å². The van der Waals surface area contributed by atoms with Crippen molar-refractivity contribution in [3.8, 4) is 0 Å². The number of nitrogens with one attached hydrogen (secondary N) is 1. The fourth-order valence-corrected chi connectivity index (χ4v) is 4.00. The number of benzene rings is 3. The first-order chi connectivity index (χ1) is 14.7. The summed E-state index contributed by atoms with van der Waals surface area (Å²) in [6.45, 7) is 4.27. The zero-order valence-corrected chi connectivity index (χ0v) is 18.7. The molecule has 3 aromatic carbocycles. The average molecular weight is 433 g/mol. The van der Waals surface area contributed by atoms with Gasteiger partial charge in [0.2, 0.25) is 0 Å². The van der Waals surface area contributed by atoms with Gasteiger partial charge in [-0.1, -0.05) is 61.5 Å². The van der Waals surface area contributed by atoms with Gasteiger partial charge in [-0.2, -0.15) is 0 Å². The fourth-order valence-electron chi connectivity index (χ4n) is 4.00. The second-order valence-corrected chi connectivity index (χ2v) is 7.77. The van der Waals surface area contributed by atoms with Crippen LogP contribution in [0.3, 0.4) is 0 Å². The number of rotatable bonds is 8. The standard InChI is InChI=1S/C27H28N2O.ClH/c1-2-16-29(26-19-23-12-6-7-13-24(23)20-26)17-15-21-9-8-14-25(18-21)28-27(30)22-10-4-3-5-11-22;/h3-14,18-19H,2,15-17,20H2,1H3,(H,28,30);1H. The highest BCUT2D eigenvalue weighted by Crippen LogP contribution is 2.27. The molecule has 0 aromatic heterocycles. The van der Waals surface area contributed by atoms with Crippen LogP contribution in [0.15, 0.2) is 84.6 Å². The molecule has 0 bridgehead atoms. The molecule has 0 fully saturated rings. The van der Waals surface area contributed by atoms with Crippen LogP contribution in [0.25, 0.3) is 6.08 Å². The van der Waals surface area contributed by atoms with Crippen LogP contribution in [-0.2, 0) is 12.8 Å². The molecule has 1 aliphatic carbocycles. The zero-order valence-electron chi connectivity index (χ0n) is 17.9. The molecule has 0 heterocycles. The summed E-state index contributed by atoms with van der Waals surface area (Å²) in [5, 5.41) is 3.01. The third-order valence-electron chi connectivity index (χ3n) is 5.54. The van der Waals surface area contributed by atoms with Crippen LogP contribution >= 0.6 is 12.4 Å². The minimum Gasteiger partial charge on any atom is -0.374 e. The van der Waals surface area contributed by atoms with E-state index in [1.165, 1.54) is 22.4 Å². The number of fused-ring (bicyclic) bond motifs is 1. The van der Waals surface area contributed by atoms with Crippen molar-refractivity contribution in [2.24, 2.45) is 0 Å². The van der Waals surface area contributed by atoms with Crippen molar-refractivity contribution in [2.75, 3.05) is 18.4 Å². The SMILES string of the molecule is CCCN(CCc1cccc(NC(=O)c2ccccc2)c1)C1=Cc2ccccc2C1.Cl. The predicted octanol–water partition coefficient (Wildman–Crippen LogP) is 6.21. The second kappa shape index (κ2) is 10.8. The van der Waals surface area contributed by atoms with E-state index in [2.05, 4.69) is 59.6 Å². The van der Waals surface area contributed by atoms with Gasteiger partial charge in [-0.05, 0) is 59.9 Å². The number of allylic oxidation sites excluding steroid dienone is 1. The Bertz CT molecular complexity index is 1050. The minimum atomic E-state index is -0.0748. The van der Waals surface area contributed by atoms with Crippen molar-refractivity contribution in [1.29, 1.82) is 0 Å². The summed E-state index contributed by atoms with van der Waals surface area (Å²) in [7, 11) is 0. The quantitative estimate of drug-likeness (QED) is 0.458. The summed E-state index contributed by atoms with van der Waals surface area (Å²) >= 11 is 0. The van der Waals surface area contributed by atoms with Gasteiger partial charge in [0.25, 0.3) is 5.91 Å². The third kappa shape index (κ3) is 5.77. The Balaban J connectivity index is 0.00000272. The normalized spacial score (nSPS) is 11.8. The summed E-state index contributed by atoms with van der Waals surface area (Å²) in [6, 6.07) is 26.2. The highest BCUT2D eigenvalue weighted by atomic mass is 35.5. The molecule has 0 atom stereocenters. The lowest BCUT2D eigenvalue weighted by molar-refractivity contribution is 0.102. The van der Waals surface area contributed by atoms with Gasteiger partial charge >= 0.3 is 0 Å². The number of carbonyl (C=O) groups excluding carboxylic acids is 1. The van der Waals surface area contributed by atoms with Crippen molar-refractivity contribution in [1.82, 2.24) is 4.90 Å². The number of nitrogens with zero attached hydrogens (tertiary/aromatic N) is 1. The minimum absolute atomic E-state index is 0. The Labute approximate surface area is 191 Å². The average Bonchev–Trinajstić information content (AvgIpc) is 3.21. The van der Waals surface area contributed by atoms with E-state index in [0.29, 0.717) is 5.56 Å². The zero-order chi connectivity index (χ0) is 20.8. The number of hydrogen-bond donors (Lipinski definition) is 1. The van der Waals surface area contributed by atoms with E-state index in [-0.39, 0.29) is 18.3 Å². The maximum absolute atomic E-state index is 12.4. The van der Waals surface area contributed by atoms with Gasteiger partial charge in [-0.3, -0.25) is 4.79 Å². The largest absolute Gasteiger partial charge is 0.374 e. The smallest absolute Gasteiger partial charge is 0.255 e. The molecule has 0 unspecified atom stereocenters. The molecule has 3 nitrogen and oxygen atoms in total. The van der Waals surface area contributed by atoms with Gasteiger partial charge in [-0.25, -0.2) is 0 Å². The molecule has 0 saturated heterocycles. The van der Waals surface area contributed by atoms with E-state index in [1.54, 1.807) is 0 Å². The van der Waals surface area contributed by atoms with Crippen LogP contribution in [0, 0.1) is 0 Å². The van der Waals surface area contributed by atoms with E-state index in [1.807, 2.05) is 42.5 Å². The summed E-state index contributed by atoms with van der Waals surface area (Å²) in [5.74, 6) is -0.0748. The Kier molecular flexibility index (Phi) is 7.91.